The van der Waals surface area contributed by atoms with Crippen LogP contribution in [0.4, 0.5) is 0 Å². The third-order valence-electron chi connectivity index (χ3n) is 9.35. The van der Waals surface area contributed by atoms with Crippen LogP contribution in [0.2, 0.25) is 0 Å². The van der Waals surface area contributed by atoms with Crippen LogP contribution in [0, 0.1) is 56.1 Å². The SMILES string of the molecule is Cl.Cl.N#CCc1c(CCl)cnc2cccnc12.N#CCc1c(CCl)ncc2cccnc12.N#CCc1c(CSC(=N)N)cnc2cccnc12.N#CCc1c(CSC(=N)N)ncc2cccnc12.NC(N)=S.NC(N)=S. The molecule has 8 aromatic rings. The van der Waals surface area contributed by atoms with Crippen molar-refractivity contribution in [2.24, 2.45) is 34.4 Å². The van der Waals surface area contributed by atoms with Crippen LogP contribution in [0.15, 0.2) is 98.1 Å². The van der Waals surface area contributed by atoms with Gasteiger partial charge >= 0.3 is 0 Å². The number of thiocarbonyl (C=S) groups is 2. The van der Waals surface area contributed by atoms with Gasteiger partial charge in [0, 0.05) is 88.9 Å². The normalized spacial score (nSPS) is 9.45. The zero-order valence-electron chi connectivity index (χ0n) is 39.9. The van der Waals surface area contributed by atoms with Gasteiger partial charge in [0.2, 0.25) is 0 Å². The van der Waals surface area contributed by atoms with Crippen molar-refractivity contribution in [3.8, 4) is 24.3 Å². The van der Waals surface area contributed by atoms with Gasteiger partial charge in [-0.05, 0) is 95.2 Å². The summed E-state index contributed by atoms with van der Waals surface area (Å²) in [5.41, 5.74) is 40.6. The lowest BCUT2D eigenvalue weighted by Crippen LogP contribution is -2.18. The molecule has 0 aromatic carbocycles. The minimum atomic E-state index is 0. The topological polar surface area (TPSA) is 402 Å². The van der Waals surface area contributed by atoms with Gasteiger partial charge in [0.15, 0.2) is 20.6 Å². The number of alkyl halides is 2. The fourth-order valence-corrected chi connectivity index (χ4v) is 7.92. The van der Waals surface area contributed by atoms with E-state index >= 15 is 0 Å². The number of hydrogen-bond donors (Lipinski definition) is 8. The van der Waals surface area contributed by atoms with E-state index < -0.39 is 0 Å². The maximum atomic E-state index is 8.91. The summed E-state index contributed by atoms with van der Waals surface area (Å²) >= 11 is 22.2. The molecule has 28 heteroatoms. The number of halogens is 4. The maximum Gasteiger partial charge on any atom is 0.160 e. The predicted molar refractivity (Wildman–Crippen MR) is 317 cm³/mol. The van der Waals surface area contributed by atoms with Crippen LogP contribution in [-0.2, 0) is 48.9 Å². The Morgan fingerprint density at radius 3 is 1.24 bits per heavy atom. The molecular formula is C48H48Cl4N20S4. The molecule has 0 aliphatic heterocycles. The van der Waals surface area contributed by atoms with Crippen LogP contribution in [0.3, 0.4) is 0 Å². The highest BCUT2D eigenvalue weighted by Gasteiger charge is 2.13. The highest BCUT2D eigenvalue weighted by atomic mass is 35.5. The maximum absolute atomic E-state index is 8.91. The molecule has 76 heavy (non-hydrogen) atoms. The van der Waals surface area contributed by atoms with Crippen molar-refractivity contribution in [1.29, 1.82) is 31.9 Å². The number of nitrogens with zero attached hydrogens (tertiary/aromatic N) is 12. The molecule has 20 nitrogen and oxygen atoms in total. The first-order valence-corrected chi connectivity index (χ1v) is 25.0. The number of pyridine rings is 8. The van der Waals surface area contributed by atoms with E-state index in [1.807, 2.05) is 48.5 Å². The van der Waals surface area contributed by atoms with E-state index in [0.717, 1.165) is 88.6 Å². The number of rotatable bonds is 10. The van der Waals surface area contributed by atoms with E-state index in [2.05, 4.69) is 112 Å². The lowest BCUT2D eigenvalue weighted by atomic mass is 10.1. The standard InChI is InChI=1S/2C12H11N5S.2C11H8ClN3.2CH4N2S.2ClH/c13-4-3-9-8(7-18-12(14)15)6-17-10-2-1-5-16-11(9)10;13-4-3-9-10(7-18-12(14)15)17-6-8-2-1-5-16-11(8)9;12-6-8-7-15-10-2-1-5-14-11(10)9(8)3-4-13;12-6-10-9(3-4-13)11-8(7-15-10)2-1-5-14-11;2*2-1(3)4;;/h2*1-2,5-6H,3,7H2,(H3,14,15);2*1-2,5,7H,3,6H2;2*(H4,2,3,4);2*1H. The van der Waals surface area contributed by atoms with E-state index in [4.69, 9.17) is 66.5 Å². The van der Waals surface area contributed by atoms with Crippen LogP contribution in [-0.4, -0.2) is 60.4 Å². The summed E-state index contributed by atoms with van der Waals surface area (Å²) in [5.74, 6) is 1.69. The van der Waals surface area contributed by atoms with Gasteiger partial charge in [0.05, 0.1) is 100 Å². The Hall–Kier alpha value is -7.62. The lowest BCUT2D eigenvalue weighted by molar-refractivity contribution is 1.10. The fourth-order valence-electron chi connectivity index (χ4n) is 6.36. The van der Waals surface area contributed by atoms with E-state index in [1.165, 1.54) is 23.5 Å². The summed E-state index contributed by atoms with van der Waals surface area (Å²) in [4.78, 5) is 34.2. The van der Waals surface area contributed by atoms with Crippen molar-refractivity contribution in [2.75, 3.05) is 0 Å². The molecule has 0 spiro atoms. The average Bonchev–Trinajstić information content (AvgIpc) is 3.39. The zero-order valence-corrected chi connectivity index (χ0v) is 46.3. The van der Waals surface area contributed by atoms with Crippen molar-refractivity contribution in [3.63, 3.8) is 0 Å². The highest BCUT2D eigenvalue weighted by molar-refractivity contribution is 8.13. The van der Waals surface area contributed by atoms with Crippen LogP contribution in [0.25, 0.3) is 43.9 Å². The monoisotopic (exact) mass is 1170 g/mol. The van der Waals surface area contributed by atoms with Crippen LogP contribution < -0.4 is 34.4 Å². The molecule has 0 unspecified atom stereocenters. The summed E-state index contributed by atoms with van der Waals surface area (Å²) in [6, 6.07) is 23.4. The molecule has 0 radical (unpaired) electrons. The molecule has 0 atom stereocenters. The summed E-state index contributed by atoms with van der Waals surface area (Å²) in [6.45, 7) is 0. The molecular weight excluding hydrogens is 1130 g/mol. The van der Waals surface area contributed by atoms with Gasteiger partial charge in [0.1, 0.15) is 0 Å². The first-order valence-electron chi connectivity index (χ1n) is 21.1. The average molecular weight is 1180 g/mol. The molecule has 14 N–H and O–H groups in total. The Kier molecular flexibility index (Phi) is 31.8. The zero-order chi connectivity index (χ0) is 54.4. The molecule has 8 aromatic heterocycles. The fraction of sp³-hybridized carbons (Fsp3) is 0.167. The molecule has 8 rings (SSSR count). The second kappa shape index (κ2) is 36.3. The van der Waals surface area contributed by atoms with E-state index in [-0.39, 0.29) is 58.2 Å². The summed E-state index contributed by atoms with van der Waals surface area (Å²) in [7, 11) is 0. The Bertz CT molecular complexity index is 3190. The molecule has 0 saturated heterocycles. The van der Waals surface area contributed by atoms with E-state index in [1.54, 1.807) is 49.6 Å². The molecule has 8 heterocycles. The Morgan fingerprint density at radius 1 is 0.474 bits per heavy atom. The van der Waals surface area contributed by atoms with E-state index in [0.29, 0.717) is 36.1 Å². The number of thioether (sulfide) groups is 2. The van der Waals surface area contributed by atoms with Crippen LogP contribution >= 0.6 is 96.0 Å². The van der Waals surface area contributed by atoms with Gasteiger partial charge in [-0.15, -0.1) is 48.0 Å². The third-order valence-corrected chi connectivity index (χ3v) is 11.4. The van der Waals surface area contributed by atoms with Crippen LogP contribution in [0.1, 0.15) is 44.8 Å². The smallest absolute Gasteiger partial charge is 0.160 e. The number of fused-ring (bicyclic) bond motifs is 4. The Morgan fingerprint density at radius 2 is 0.829 bits per heavy atom. The molecule has 0 aliphatic rings. The van der Waals surface area contributed by atoms with Gasteiger partial charge in [-0.3, -0.25) is 50.7 Å². The Balaban J connectivity index is 0.000000480. The number of nitrogens with one attached hydrogen (secondary N) is 2. The molecule has 0 saturated carbocycles. The molecule has 0 bridgehead atoms. The van der Waals surface area contributed by atoms with Gasteiger partial charge in [-0.1, -0.05) is 23.5 Å². The second-order valence-electron chi connectivity index (χ2n) is 14.2. The number of nitrogens with two attached hydrogens (primary N) is 6. The number of hydrogen-bond acceptors (Lipinski definition) is 18. The van der Waals surface area contributed by atoms with Crippen molar-refractivity contribution in [1.82, 2.24) is 39.9 Å². The third kappa shape index (κ3) is 21.7. The van der Waals surface area contributed by atoms with Gasteiger partial charge < -0.3 is 34.4 Å². The number of aromatic nitrogens is 8. The van der Waals surface area contributed by atoms with Crippen molar-refractivity contribution in [2.45, 2.75) is 48.9 Å². The molecule has 392 valence electrons. The summed E-state index contributed by atoms with van der Waals surface area (Å²) < 4.78 is 0. The van der Waals surface area contributed by atoms with Gasteiger partial charge in [-0.2, -0.15) is 21.0 Å². The van der Waals surface area contributed by atoms with Crippen molar-refractivity contribution >= 4 is 160 Å². The van der Waals surface area contributed by atoms with Gasteiger partial charge in [-0.25, -0.2) is 0 Å². The molecule has 0 fully saturated rings. The quantitative estimate of drug-likeness (QED) is 0.0281. The first kappa shape index (κ1) is 66.4. The summed E-state index contributed by atoms with van der Waals surface area (Å²) in [5, 5.41) is 51.7. The first-order chi connectivity index (χ1) is 35.6. The van der Waals surface area contributed by atoms with Gasteiger partial charge in [0.25, 0.3) is 0 Å². The van der Waals surface area contributed by atoms with Crippen LogP contribution in [0.5, 0.6) is 0 Å². The number of nitriles is 4. The minimum absolute atomic E-state index is 0. The largest absolute Gasteiger partial charge is 0.379 e. The predicted octanol–water partition coefficient (Wildman–Crippen LogP) is 7.74. The van der Waals surface area contributed by atoms with Crippen molar-refractivity contribution in [3.05, 3.63) is 143 Å². The van der Waals surface area contributed by atoms with E-state index in [9.17, 15) is 0 Å². The molecule has 0 amide bonds. The highest BCUT2D eigenvalue weighted by Crippen LogP contribution is 2.25. The second-order valence-corrected chi connectivity index (χ2v) is 17.7. The minimum Gasteiger partial charge on any atom is -0.379 e. The lowest BCUT2D eigenvalue weighted by Gasteiger charge is -2.08. The Labute approximate surface area is 479 Å². The van der Waals surface area contributed by atoms with Crippen molar-refractivity contribution < 1.29 is 0 Å². The summed E-state index contributed by atoms with van der Waals surface area (Å²) in [6.07, 6.45) is 14.9. The number of amidine groups is 2. The molecule has 0 aliphatic carbocycles.